The van der Waals surface area contributed by atoms with E-state index in [9.17, 15) is 0 Å². The molecule has 0 saturated carbocycles. The number of likely N-dealkylation sites (tertiary alicyclic amines) is 1. The predicted octanol–water partition coefficient (Wildman–Crippen LogP) is 3.18. The lowest BCUT2D eigenvalue weighted by Crippen LogP contribution is -2.23. The number of thiazole rings is 1. The Kier molecular flexibility index (Phi) is 3.39. The summed E-state index contributed by atoms with van der Waals surface area (Å²) < 4.78 is 0. The lowest BCUT2D eigenvalue weighted by atomic mass is 10.2. The summed E-state index contributed by atoms with van der Waals surface area (Å²) in [4.78, 5) is 11.6. The van der Waals surface area contributed by atoms with Crippen LogP contribution in [-0.4, -0.2) is 21.4 Å². The quantitative estimate of drug-likeness (QED) is 0.847. The minimum atomic E-state index is 0.491. The molecule has 1 atom stereocenters. The molecule has 0 unspecified atom stereocenters. The molecule has 0 N–H and O–H groups in total. The van der Waals surface area contributed by atoms with Crippen molar-refractivity contribution in [2.24, 2.45) is 0 Å². The molecule has 1 aliphatic rings. The number of nitrogens with zero attached hydrogens (tertiary/aromatic N) is 3. The van der Waals surface area contributed by atoms with E-state index in [1.165, 1.54) is 17.8 Å². The largest absolute Gasteiger partial charge is 0.288 e. The monoisotopic (exact) mass is 259 g/mol. The maximum Gasteiger partial charge on any atom is 0.110 e. The molecule has 1 aliphatic heterocycles. The summed E-state index contributed by atoms with van der Waals surface area (Å²) in [6, 6.07) is 6.61. The van der Waals surface area contributed by atoms with Crippen LogP contribution in [0.5, 0.6) is 0 Å². The van der Waals surface area contributed by atoms with Gasteiger partial charge in [0.15, 0.2) is 0 Å². The normalized spacial score (nSPS) is 20.4. The summed E-state index contributed by atoms with van der Waals surface area (Å²) in [5.41, 5.74) is 2.29. The Bertz CT molecular complexity index is 509. The molecular weight excluding hydrogens is 242 g/mol. The fourth-order valence-corrected chi connectivity index (χ4v) is 3.48. The summed E-state index contributed by atoms with van der Waals surface area (Å²) in [5.74, 6) is 0. The molecule has 0 bridgehead atoms. The van der Waals surface area contributed by atoms with Gasteiger partial charge in [0, 0.05) is 23.8 Å². The molecule has 2 aromatic heterocycles. The highest BCUT2D eigenvalue weighted by molar-refractivity contribution is 7.09. The number of pyridine rings is 1. The molecule has 0 amide bonds. The molecule has 3 nitrogen and oxygen atoms in total. The third kappa shape index (κ3) is 2.44. The van der Waals surface area contributed by atoms with Gasteiger partial charge in [-0.2, -0.15) is 0 Å². The van der Waals surface area contributed by atoms with Crippen LogP contribution in [0.15, 0.2) is 29.8 Å². The average molecular weight is 259 g/mol. The second-order valence-corrected chi connectivity index (χ2v) is 5.67. The lowest BCUT2D eigenvalue weighted by molar-refractivity contribution is 0.245. The van der Waals surface area contributed by atoms with Crippen molar-refractivity contribution in [3.63, 3.8) is 0 Å². The van der Waals surface area contributed by atoms with Gasteiger partial charge in [0.25, 0.3) is 0 Å². The van der Waals surface area contributed by atoms with Crippen LogP contribution >= 0.6 is 11.3 Å². The number of aryl methyl sites for hydroxylation is 1. The first-order valence-corrected chi connectivity index (χ1v) is 7.27. The van der Waals surface area contributed by atoms with Crippen molar-refractivity contribution in [2.75, 3.05) is 6.54 Å². The molecule has 4 heteroatoms. The Morgan fingerprint density at radius 1 is 1.44 bits per heavy atom. The fourth-order valence-electron chi connectivity index (χ4n) is 2.52. The van der Waals surface area contributed by atoms with Crippen LogP contribution in [0.2, 0.25) is 0 Å². The van der Waals surface area contributed by atoms with Crippen LogP contribution in [0, 0.1) is 6.92 Å². The zero-order valence-corrected chi connectivity index (χ0v) is 11.4. The van der Waals surface area contributed by atoms with E-state index < -0.39 is 0 Å². The molecule has 1 saturated heterocycles. The molecule has 0 aromatic carbocycles. The van der Waals surface area contributed by atoms with Crippen molar-refractivity contribution < 1.29 is 0 Å². The van der Waals surface area contributed by atoms with E-state index in [4.69, 9.17) is 0 Å². The summed E-state index contributed by atoms with van der Waals surface area (Å²) in [6.45, 7) is 4.15. The Morgan fingerprint density at radius 2 is 2.39 bits per heavy atom. The maximum absolute atomic E-state index is 4.64. The average Bonchev–Trinajstić information content (AvgIpc) is 2.99. The lowest BCUT2D eigenvalue weighted by Gasteiger charge is -2.22. The van der Waals surface area contributed by atoms with Crippen LogP contribution in [0.25, 0.3) is 0 Å². The van der Waals surface area contributed by atoms with Crippen molar-refractivity contribution in [3.8, 4) is 0 Å². The van der Waals surface area contributed by atoms with E-state index in [2.05, 4.69) is 39.3 Å². The molecule has 1 fully saturated rings. The van der Waals surface area contributed by atoms with E-state index in [-0.39, 0.29) is 0 Å². The van der Waals surface area contributed by atoms with Gasteiger partial charge in [0.05, 0.1) is 11.7 Å². The zero-order chi connectivity index (χ0) is 12.4. The zero-order valence-electron chi connectivity index (χ0n) is 10.5. The number of rotatable bonds is 3. The second kappa shape index (κ2) is 5.16. The SMILES string of the molecule is Cc1csc([C@@H]2CCCN2Cc2ccccn2)n1. The minimum absolute atomic E-state index is 0.491. The molecule has 0 radical (unpaired) electrons. The van der Waals surface area contributed by atoms with E-state index in [0.29, 0.717) is 6.04 Å². The van der Waals surface area contributed by atoms with Gasteiger partial charge < -0.3 is 0 Å². The highest BCUT2D eigenvalue weighted by Crippen LogP contribution is 2.34. The smallest absolute Gasteiger partial charge is 0.110 e. The highest BCUT2D eigenvalue weighted by Gasteiger charge is 2.28. The van der Waals surface area contributed by atoms with Crippen molar-refractivity contribution in [3.05, 3.63) is 46.2 Å². The van der Waals surface area contributed by atoms with Gasteiger partial charge in [-0.25, -0.2) is 4.98 Å². The van der Waals surface area contributed by atoms with Gasteiger partial charge in [-0.3, -0.25) is 9.88 Å². The van der Waals surface area contributed by atoms with Crippen molar-refractivity contribution in [1.82, 2.24) is 14.9 Å². The van der Waals surface area contributed by atoms with Gasteiger partial charge >= 0.3 is 0 Å². The first kappa shape index (κ1) is 11.8. The molecule has 0 aliphatic carbocycles. The van der Waals surface area contributed by atoms with Crippen LogP contribution in [0.4, 0.5) is 0 Å². The van der Waals surface area contributed by atoms with E-state index >= 15 is 0 Å². The Labute approximate surface area is 112 Å². The number of hydrogen-bond acceptors (Lipinski definition) is 4. The van der Waals surface area contributed by atoms with E-state index in [0.717, 1.165) is 24.5 Å². The van der Waals surface area contributed by atoms with Gasteiger partial charge in [-0.1, -0.05) is 6.07 Å². The third-order valence-electron chi connectivity index (χ3n) is 3.38. The number of aromatic nitrogens is 2. The molecule has 0 spiro atoms. The first-order valence-electron chi connectivity index (χ1n) is 6.39. The van der Waals surface area contributed by atoms with Crippen molar-refractivity contribution in [1.29, 1.82) is 0 Å². The van der Waals surface area contributed by atoms with Crippen molar-refractivity contribution in [2.45, 2.75) is 32.4 Å². The maximum atomic E-state index is 4.64. The van der Waals surface area contributed by atoms with Gasteiger partial charge in [-0.05, 0) is 38.4 Å². The fraction of sp³-hybridized carbons (Fsp3) is 0.429. The summed E-state index contributed by atoms with van der Waals surface area (Å²) >= 11 is 1.79. The van der Waals surface area contributed by atoms with E-state index in [1.54, 1.807) is 11.3 Å². The second-order valence-electron chi connectivity index (χ2n) is 4.78. The molecule has 3 heterocycles. The Morgan fingerprint density at radius 3 is 3.11 bits per heavy atom. The Balaban J connectivity index is 1.75. The van der Waals surface area contributed by atoms with E-state index in [1.807, 2.05) is 12.3 Å². The molecule has 2 aromatic rings. The topological polar surface area (TPSA) is 29.0 Å². The van der Waals surface area contributed by atoms with Gasteiger partial charge in [-0.15, -0.1) is 11.3 Å². The molecule has 94 valence electrons. The minimum Gasteiger partial charge on any atom is -0.288 e. The summed E-state index contributed by atoms with van der Waals surface area (Å²) in [7, 11) is 0. The van der Waals surface area contributed by atoms with Crippen LogP contribution in [-0.2, 0) is 6.54 Å². The predicted molar refractivity (Wildman–Crippen MR) is 73.5 cm³/mol. The first-order chi connectivity index (χ1) is 8.83. The molecule has 18 heavy (non-hydrogen) atoms. The van der Waals surface area contributed by atoms with Gasteiger partial charge in [0.1, 0.15) is 5.01 Å². The summed E-state index contributed by atoms with van der Waals surface area (Å²) in [6.07, 6.45) is 4.35. The third-order valence-corrected chi connectivity index (χ3v) is 4.44. The molecule has 3 rings (SSSR count). The summed E-state index contributed by atoms with van der Waals surface area (Å²) in [5, 5.41) is 3.41. The van der Waals surface area contributed by atoms with Crippen LogP contribution in [0.3, 0.4) is 0 Å². The van der Waals surface area contributed by atoms with Gasteiger partial charge in [0.2, 0.25) is 0 Å². The molecular formula is C14H17N3S. The number of hydrogen-bond donors (Lipinski definition) is 0. The highest BCUT2D eigenvalue weighted by atomic mass is 32.1. The van der Waals surface area contributed by atoms with Crippen molar-refractivity contribution >= 4 is 11.3 Å². The standard InChI is InChI=1S/C14H17N3S/c1-11-10-18-14(16-11)13-6-4-8-17(13)9-12-5-2-3-7-15-12/h2-3,5,7,10,13H,4,6,8-9H2,1H3/t13-/m0/s1. The van der Waals surface area contributed by atoms with Crippen LogP contribution in [0.1, 0.15) is 35.3 Å². The Hall–Kier alpha value is -1.26. The van der Waals surface area contributed by atoms with Crippen LogP contribution < -0.4 is 0 Å².